The number of nitrogens with one attached hydrogen (secondary N) is 1. The molecule has 1 aromatic rings. The number of hydrogen-bond donors (Lipinski definition) is 2. The van der Waals surface area contributed by atoms with E-state index in [1.165, 1.54) is 23.4 Å². The minimum atomic E-state index is -0.797. The van der Waals surface area contributed by atoms with E-state index < -0.39 is 24.0 Å². The van der Waals surface area contributed by atoms with Crippen LogP contribution < -0.4 is 15.3 Å². The molecule has 29 heavy (non-hydrogen) atoms. The molecule has 2 heterocycles. The van der Waals surface area contributed by atoms with E-state index in [4.69, 9.17) is 14.8 Å². The molecule has 2 N–H and O–H groups in total. The number of halogens is 1. The number of carbonyl (C=O) groups excluding carboxylic acids is 3. The van der Waals surface area contributed by atoms with E-state index in [9.17, 15) is 18.8 Å². The Balaban J connectivity index is 1.66. The van der Waals surface area contributed by atoms with Gasteiger partial charge in [0, 0.05) is 19.5 Å². The van der Waals surface area contributed by atoms with E-state index in [0.29, 0.717) is 37.3 Å². The molecular formula is C18H23FN4O6. The molecule has 0 saturated carbocycles. The van der Waals surface area contributed by atoms with E-state index in [-0.39, 0.29) is 25.5 Å². The van der Waals surface area contributed by atoms with Crippen LogP contribution in [0.4, 0.5) is 25.4 Å². The van der Waals surface area contributed by atoms with Crippen LogP contribution in [0, 0.1) is 5.82 Å². The van der Waals surface area contributed by atoms with Gasteiger partial charge in [-0.3, -0.25) is 14.9 Å². The maximum Gasteiger partial charge on any atom is 0.414 e. The summed E-state index contributed by atoms with van der Waals surface area (Å²) < 4.78 is 20.0. The first kappa shape index (κ1) is 20.8. The summed E-state index contributed by atoms with van der Waals surface area (Å²) in [4.78, 5) is 42.9. The molecule has 2 aliphatic rings. The number of ether oxygens (including phenoxy) is 1. The summed E-state index contributed by atoms with van der Waals surface area (Å²) in [5.74, 6) is -0.506. The fraction of sp³-hybridized carbons (Fsp3) is 0.500. The van der Waals surface area contributed by atoms with Crippen molar-refractivity contribution in [2.24, 2.45) is 0 Å². The Morgan fingerprint density at radius 1 is 1.31 bits per heavy atom. The van der Waals surface area contributed by atoms with Crippen LogP contribution in [0.3, 0.4) is 0 Å². The normalized spacial score (nSPS) is 19.8. The third-order valence-electron chi connectivity index (χ3n) is 4.78. The first-order valence-corrected chi connectivity index (χ1v) is 9.25. The van der Waals surface area contributed by atoms with Crippen LogP contribution in [0.2, 0.25) is 0 Å². The zero-order valence-electron chi connectivity index (χ0n) is 16.0. The van der Waals surface area contributed by atoms with Gasteiger partial charge in [-0.25, -0.2) is 19.5 Å². The highest BCUT2D eigenvalue weighted by Crippen LogP contribution is 2.29. The van der Waals surface area contributed by atoms with Crippen LogP contribution in [-0.4, -0.2) is 67.1 Å². The molecule has 10 nitrogen and oxygen atoms in total. The molecule has 2 fully saturated rings. The minimum Gasteiger partial charge on any atom is -0.444 e. The smallest absolute Gasteiger partial charge is 0.414 e. The number of urea groups is 1. The van der Waals surface area contributed by atoms with E-state index in [0.717, 1.165) is 5.06 Å². The highest BCUT2D eigenvalue weighted by molar-refractivity contribution is 5.90. The minimum absolute atomic E-state index is 0.0198. The number of ketones is 1. The summed E-state index contributed by atoms with van der Waals surface area (Å²) in [6.45, 7) is 2.63. The van der Waals surface area contributed by atoms with Gasteiger partial charge in [0.25, 0.3) is 0 Å². The number of amides is 3. The van der Waals surface area contributed by atoms with Crippen LogP contribution in [0.25, 0.3) is 0 Å². The number of Topliss-reactive ketones (excluding diaryl/α,β-unsaturated/α-hetero) is 1. The maximum atomic E-state index is 14.8. The van der Waals surface area contributed by atoms with Crippen LogP contribution in [-0.2, 0) is 14.4 Å². The Morgan fingerprint density at radius 3 is 2.79 bits per heavy atom. The van der Waals surface area contributed by atoms with E-state index in [1.54, 1.807) is 17.0 Å². The molecule has 3 amide bonds. The molecule has 3 rings (SSSR count). The van der Waals surface area contributed by atoms with Crippen LogP contribution in [0.5, 0.6) is 0 Å². The van der Waals surface area contributed by atoms with E-state index in [1.807, 2.05) is 0 Å². The molecule has 0 bridgehead atoms. The van der Waals surface area contributed by atoms with Gasteiger partial charge in [0.1, 0.15) is 17.7 Å². The Bertz CT molecular complexity index is 792. The molecular weight excluding hydrogens is 387 g/mol. The average molecular weight is 410 g/mol. The predicted molar refractivity (Wildman–Crippen MR) is 99.1 cm³/mol. The van der Waals surface area contributed by atoms with Gasteiger partial charge < -0.3 is 14.4 Å². The molecule has 2 aliphatic heterocycles. The molecule has 11 heteroatoms. The molecule has 0 aliphatic carbocycles. The van der Waals surface area contributed by atoms with Crippen molar-refractivity contribution in [1.29, 1.82) is 0 Å². The van der Waals surface area contributed by atoms with Gasteiger partial charge in [0.15, 0.2) is 0 Å². The predicted octanol–water partition coefficient (Wildman–Crippen LogP) is 1.67. The van der Waals surface area contributed by atoms with Crippen molar-refractivity contribution in [3.05, 3.63) is 24.0 Å². The third-order valence-corrected chi connectivity index (χ3v) is 4.78. The van der Waals surface area contributed by atoms with Gasteiger partial charge in [0.2, 0.25) is 0 Å². The number of rotatable bonds is 5. The van der Waals surface area contributed by atoms with Crippen molar-refractivity contribution in [1.82, 2.24) is 10.5 Å². The largest absolute Gasteiger partial charge is 0.444 e. The van der Waals surface area contributed by atoms with Gasteiger partial charge in [-0.15, -0.1) is 0 Å². The fourth-order valence-electron chi connectivity index (χ4n) is 3.27. The quantitative estimate of drug-likeness (QED) is 0.561. The first-order chi connectivity index (χ1) is 13.9. The zero-order chi connectivity index (χ0) is 21.0. The molecule has 0 unspecified atom stereocenters. The Labute approximate surface area is 166 Å². The summed E-state index contributed by atoms with van der Waals surface area (Å²) in [7, 11) is 0. The van der Waals surface area contributed by atoms with Gasteiger partial charge in [-0.05, 0) is 31.5 Å². The summed E-state index contributed by atoms with van der Waals surface area (Å²) in [5.41, 5.74) is 2.17. The summed E-state index contributed by atoms with van der Waals surface area (Å²) in [6, 6.07) is 3.64. The lowest BCUT2D eigenvalue weighted by molar-refractivity contribution is -0.117. The number of nitrogens with zero attached hydrogens (tertiary/aromatic N) is 3. The second-order valence-corrected chi connectivity index (χ2v) is 6.83. The van der Waals surface area contributed by atoms with E-state index >= 15 is 0 Å². The van der Waals surface area contributed by atoms with Gasteiger partial charge >= 0.3 is 12.1 Å². The number of hydrogen-bond acceptors (Lipinski definition) is 7. The Hall–Kier alpha value is -2.92. The number of cyclic esters (lactones) is 1. The van der Waals surface area contributed by atoms with Crippen molar-refractivity contribution >= 4 is 29.3 Å². The molecule has 0 spiro atoms. The lowest BCUT2D eigenvalue weighted by Crippen LogP contribution is -2.40. The topological polar surface area (TPSA) is 112 Å². The molecule has 1 atom stereocenters. The van der Waals surface area contributed by atoms with Gasteiger partial charge in [-0.2, -0.15) is 5.06 Å². The SMILES string of the molecule is CC(=O)CC[C@H]1CN(c2ccc(N3CCON(C(=O)NO)CC3)c(F)c2)C(=O)O1. The second kappa shape index (κ2) is 9.05. The summed E-state index contributed by atoms with van der Waals surface area (Å²) in [6.07, 6.45) is -0.217. The highest BCUT2D eigenvalue weighted by atomic mass is 19.1. The molecule has 2 saturated heterocycles. The second-order valence-electron chi connectivity index (χ2n) is 6.83. The van der Waals surface area contributed by atoms with Crippen molar-refractivity contribution in [3.63, 3.8) is 0 Å². The van der Waals surface area contributed by atoms with Crippen LogP contribution in [0.15, 0.2) is 18.2 Å². The zero-order valence-corrected chi connectivity index (χ0v) is 16.0. The van der Waals surface area contributed by atoms with Crippen LogP contribution in [0.1, 0.15) is 19.8 Å². The van der Waals surface area contributed by atoms with Crippen LogP contribution >= 0.6 is 0 Å². The lowest BCUT2D eigenvalue weighted by Gasteiger charge is -2.23. The number of carbonyl (C=O) groups is 3. The standard InChI is InChI=1S/C18H23FN4O6/c1-12(24)2-4-14-11-22(18(26)29-14)13-3-5-16(15(19)10-13)21-6-7-23(17(25)20-27)28-9-8-21/h3,5,10,14,27H,2,4,6-9,11H2,1H3,(H,20,25)/t14-/m0/s1. The van der Waals surface area contributed by atoms with Gasteiger partial charge in [0.05, 0.1) is 31.1 Å². The van der Waals surface area contributed by atoms with Crippen molar-refractivity contribution < 1.29 is 33.6 Å². The van der Waals surface area contributed by atoms with E-state index in [2.05, 4.69) is 0 Å². The number of benzene rings is 1. The lowest BCUT2D eigenvalue weighted by atomic mass is 10.1. The first-order valence-electron chi connectivity index (χ1n) is 9.25. The number of anilines is 2. The van der Waals surface area contributed by atoms with Crippen molar-refractivity contribution in [2.75, 3.05) is 42.6 Å². The fourth-order valence-corrected chi connectivity index (χ4v) is 3.27. The van der Waals surface area contributed by atoms with Crippen molar-refractivity contribution in [2.45, 2.75) is 25.9 Å². The monoisotopic (exact) mass is 410 g/mol. The number of hydroxylamine groups is 3. The summed E-state index contributed by atoms with van der Waals surface area (Å²) in [5, 5.41) is 9.65. The molecule has 158 valence electrons. The maximum absolute atomic E-state index is 14.8. The molecule has 1 aromatic carbocycles. The summed E-state index contributed by atoms with van der Waals surface area (Å²) >= 11 is 0. The molecule has 0 radical (unpaired) electrons. The van der Waals surface area contributed by atoms with Crippen molar-refractivity contribution in [3.8, 4) is 0 Å². The third kappa shape index (κ3) is 4.93. The van der Waals surface area contributed by atoms with Gasteiger partial charge in [-0.1, -0.05) is 0 Å². The Kier molecular flexibility index (Phi) is 6.49. The average Bonchev–Trinajstić information content (AvgIpc) is 2.90. The molecule has 0 aromatic heterocycles. The highest BCUT2D eigenvalue weighted by Gasteiger charge is 2.33. The Morgan fingerprint density at radius 2 is 2.10 bits per heavy atom.